The van der Waals surface area contributed by atoms with Gasteiger partial charge in [-0.25, -0.2) is 0 Å². The summed E-state index contributed by atoms with van der Waals surface area (Å²) in [6.45, 7) is 3.06. The molecule has 1 saturated carbocycles. The monoisotopic (exact) mass is 247 g/mol. The van der Waals surface area contributed by atoms with Gasteiger partial charge in [0.05, 0.1) is 0 Å². The first-order valence-electron chi connectivity index (χ1n) is 6.57. The summed E-state index contributed by atoms with van der Waals surface area (Å²) < 4.78 is 1.93. The van der Waals surface area contributed by atoms with Crippen LogP contribution in [0.2, 0.25) is 0 Å². The second-order valence-corrected chi connectivity index (χ2v) is 5.15. The topological polar surface area (TPSA) is 61.0 Å². The summed E-state index contributed by atoms with van der Waals surface area (Å²) in [5.41, 5.74) is 3.02. The van der Waals surface area contributed by atoms with E-state index in [9.17, 15) is 0 Å². The van der Waals surface area contributed by atoms with E-state index in [4.69, 9.17) is 10.4 Å². The lowest BCUT2D eigenvalue weighted by Gasteiger charge is -2.17. The Labute approximate surface area is 108 Å². The maximum absolute atomic E-state index is 9.06. The highest BCUT2D eigenvalue weighted by atomic mass is 16.3. The molecule has 18 heavy (non-hydrogen) atoms. The van der Waals surface area contributed by atoms with Gasteiger partial charge in [0.15, 0.2) is 0 Å². The first-order valence-corrected chi connectivity index (χ1v) is 6.57. The quantitative estimate of drug-likeness (QED) is 0.800. The number of aromatic nitrogens is 1. The molecule has 1 heterocycles. The number of hydrogen-bond acceptors (Lipinski definition) is 3. The number of aliphatic hydroxyl groups excluding tert-OH is 1. The predicted molar refractivity (Wildman–Crippen MR) is 69.9 cm³/mol. The summed E-state index contributed by atoms with van der Waals surface area (Å²) in [5.74, 6) is 0.733. The maximum Gasteiger partial charge on any atom is 0.120 e. The fourth-order valence-electron chi connectivity index (χ4n) is 2.43. The molecule has 0 radical (unpaired) electrons. The van der Waals surface area contributed by atoms with Gasteiger partial charge in [0, 0.05) is 31.9 Å². The molecular weight excluding hydrogens is 226 g/mol. The Morgan fingerprint density at radius 2 is 2.33 bits per heavy atom. The van der Waals surface area contributed by atoms with E-state index >= 15 is 0 Å². The van der Waals surface area contributed by atoms with E-state index in [0.717, 1.165) is 24.6 Å². The zero-order chi connectivity index (χ0) is 13.1. The van der Waals surface area contributed by atoms with Gasteiger partial charge in [0.2, 0.25) is 0 Å². The maximum atomic E-state index is 9.06. The molecule has 1 fully saturated rings. The van der Waals surface area contributed by atoms with Crippen LogP contribution in [0.25, 0.3) is 0 Å². The highest BCUT2D eigenvalue weighted by Gasteiger charge is 2.30. The normalized spacial score (nSPS) is 16.6. The van der Waals surface area contributed by atoms with Gasteiger partial charge in [-0.05, 0) is 43.7 Å². The summed E-state index contributed by atoms with van der Waals surface area (Å²) in [6, 6.07) is 4.57. The Kier molecular flexibility index (Phi) is 4.05. The summed E-state index contributed by atoms with van der Waals surface area (Å²) in [5, 5.41) is 21.6. The van der Waals surface area contributed by atoms with Crippen molar-refractivity contribution in [1.29, 1.82) is 5.26 Å². The lowest BCUT2D eigenvalue weighted by Crippen LogP contribution is -2.31. The Hall–Kier alpha value is -1.31. The lowest BCUT2D eigenvalue weighted by molar-refractivity contribution is 0.255. The van der Waals surface area contributed by atoms with Gasteiger partial charge in [-0.1, -0.05) is 0 Å². The fraction of sp³-hybridized carbons (Fsp3) is 0.643. The third kappa shape index (κ3) is 2.74. The molecule has 1 atom stereocenters. The summed E-state index contributed by atoms with van der Waals surface area (Å²) >= 11 is 0. The van der Waals surface area contributed by atoms with Crippen LogP contribution in [0.4, 0.5) is 0 Å². The molecule has 2 rings (SSSR count). The zero-order valence-corrected chi connectivity index (χ0v) is 11.1. The fourth-order valence-corrected chi connectivity index (χ4v) is 2.43. The van der Waals surface area contributed by atoms with Crippen molar-refractivity contribution in [2.45, 2.75) is 38.8 Å². The van der Waals surface area contributed by atoms with Gasteiger partial charge < -0.3 is 15.0 Å². The number of aliphatic hydroxyl groups is 1. The molecule has 1 aromatic rings. The van der Waals surface area contributed by atoms with Gasteiger partial charge in [0.1, 0.15) is 11.8 Å². The van der Waals surface area contributed by atoms with Crippen LogP contribution in [0.5, 0.6) is 0 Å². The minimum Gasteiger partial charge on any atom is -0.396 e. The largest absolute Gasteiger partial charge is 0.396 e. The smallest absolute Gasteiger partial charge is 0.120 e. The van der Waals surface area contributed by atoms with Crippen LogP contribution in [0, 0.1) is 24.2 Å². The minimum atomic E-state index is 0.241. The molecular formula is C14H21N3O. The molecule has 0 bridgehead atoms. The number of hydrogen-bond donors (Lipinski definition) is 2. The first kappa shape index (κ1) is 13.1. The van der Waals surface area contributed by atoms with Crippen molar-refractivity contribution in [2.24, 2.45) is 13.0 Å². The molecule has 0 spiro atoms. The van der Waals surface area contributed by atoms with E-state index in [0.29, 0.717) is 11.7 Å². The SMILES string of the molecule is Cc1c(CNC(CCO)C2CC2)cc(C#N)n1C. The van der Waals surface area contributed by atoms with E-state index in [1.807, 2.05) is 24.6 Å². The molecule has 0 aliphatic heterocycles. The zero-order valence-electron chi connectivity index (χ0n) is 11.1. The molecule has 0 amide bonds. The van der Waals surface area contributed by atoms with Crippen molar-refractivity contribution in [2.75, 3.05) is 6.61 Å². The van der Waals surface area contributed by atoms with Crippen LogP contribution >= 0.6 is 0 Å². The number of rotatable bonds is 6. The van der Waals surface area contributed by atoms with Crippen molar-refractivity contribution < 1.29 is 5.11 Å². The Morgan fingerprint density at radius 1 is 1.61 bits per heavy atom. The van der Waals surface area contributed by atoms with Crippen LogP contribution < -0.4 is 5.32 Å². The summed E-state index contributed by atoms with van der Waals surface area (Å²) in [4.78, 5) is 0. The van der Waals surface area contributed by atoms with Gasteiger partial charge in [0.25, 0.3) is 0 Å². The van der Waals surface area contributed by atoms with Crippen molar-refractivity contribution in [3.05, 3.63) is 23.0 Å². The molecule has 4 nitrogen and oxygen atoms in total. The number of nitrogens with one attached hydrogen (secondary N) is 1. The lowest BCUT2D eigenvalue weighted by atomic mass is 10.1. The third-order valence-electron chi connectivity index (χ3n) is 3.94. The van der Waals surface area contributed by atoms with E-state index in [1.54, 1.807) is 0 Å². The Balaban J connectivity index is 1.99. The number of nitrogens with zero attached hydrogens (tertiary/aromatic N) is 2. The van der Waals surface area contributed by atoms with E-state index in [1.165, 1.54) is 18.4 Å². The standard InChI is InChI=1S/C14H21N3O/c1-10-12(7-13(8-15)17(10)2)9-16-14(5-6-18)11-3-4-11/h7,11,14,16,18H,3-6,9H2,1-2H3. The molecule has 0 aromatic carbocycles. The van der Waals surface area contributed by atoms with Gasteiger partial charge >= 0.3 is 0 Å². The predicted octanol–water partition coefficient (Wildman–Crippen LogP) is 1.46. The van der Waals surface area contributed by atoms with Crippen molar-refractivity contribution in [3.8, 4) is 6.07 Å². The van der Waals surface area contributed by atoms with Crippen LogP contribution in [0.1, 0.15) is 36.2 Å². The first-order chi connectivity index (χ1) is 8.67. The summed E-state index contributed by atoms with van der Waals surface area (Å²) in [6.07, 6.45) is 3.37. The molecule has 1 aliphatic carbocycles. The Morgan fingerprint density at radius 3 is 2.83 bits per heavy atom. The molecule has 1 aliphatic rings. The highest BCUT2D eigenvalue weighted by molar-refractivity contribution is 5.34. The average Bonchev–Trinajstić information content (AvgIpc) is 3.16. The highest BCUT2D eigenvalue weighted by Crippen LogP contribution is 2.34. The molecule has 98 valence electrons. The van der Waals surface area contributed by atoms with Gasteiger partial charge in [-0.3, -0.25) is 0 Å². The van der Waals surface area contributed by atoms with Crippen LogP contribution in [-0.4, -0.2) is 22.3 Å². The molecule has 4 heteroatoms. The van der Waals surface area contributed by atoms with Gasteiger partial charge in [-0.2, -0.15) is 5.26 Å². The molecule has 2 N–H and O–H groups in total. The van der Waals surface area contributed by atoms with E-state index in [2.05, 4.69) is 11.4 Å². The van der Waals surface area contributed by atoms with Crippen molar-refractivity contribution in [1.82, 2.24) is 9.88 Å². The van der Waals surface area contributed by atoms with Crippen molar-refractivity contribution >= 4 is 0 Å². The van der Waals surface area contributed by atoms with Crippen LogP contribution in [0.3, 0.4) is 0 Å². The summed E-state index contributed by atoms with van der Waals surface area (Å²) in [7, 11) is 1.92. The van der Waals surface area contributed by atoms with Crippen LogP contribution in [0.15, 0.2) is 6.07 Å². The van der Waals surface area contributed by atoms with E-state index in [-0.39, 0.29) is 6.61 Å². The Bertz CT molecular complexity index is 454. The number of nitriles is 1. The molecule has 1 unspecified atom stereocenters. The van der Waals surface area contributed by atoms with Gasteiger partial charge in [-0.15, -0.1) is 0 Å². The van der Waals surface area contributed by atoms with Crippen LogP contribution in [-0.2, 0) is 13.6 Å². The minimum absolute atomic E-state index is 0.241. The molecule has 1 aromatic heterocycles. The molecule has 0 saturated heterocycles. The average molecular weight is 247 g/mol. The van der Waals surface area contributed by atoms with Crippen molar-refractivity contribution in [3.63, 3.8) is 0 Å². The second kappa shape index (κ2) is 5.55. The van der Waals surface area contributed by atoms with E-state index < -0.39 is 0 Å². The third-order valence-corrected chi connectivity index (χ3v) is 3.94. The second-order valence-electron chi connectivity index (χ2n) is 5.15.